The summed E-state index contributed by atoms with van der Waals surface area (Å²) in [6.45, 7) is 1.49. The Morgan fingerprint density at radius 1 is 1.80 bits per heavy atom. The maximum Gasteiger partial charge on any atom is 0.0928 e. The van der Waals surface area contributed by atoms with E-state index in [9.17, 15) is 0 Å². The van der Waals surface area contributed by atoms with Crippen LogP contribution in [0.3, 0.4) is 0 Å². The number of aliphatic hydroxyl groups excluding tert-OH is 2. The third-order valence-electron chi connectivity index (χ3n) is 0.887. The molecule has 0 aromatic rings. The average molecular weight is 144 g/mol. The zero-order chi connectivity index (χ0) is 7.98. The molecule has 0 saturated carbocycles. The lowest BCUT2D eigenvalue weighted by atomic mass is 10.2. The molecule has 0 amide bonds. The summed E-state index contributed by atoms with van der Waals surface area (Å²) in [7, 11) is 0. The monoisotopic (exact) mass is 144 g/mol. The second-order valence-electron chi connectivity index (χ2n) is 2.01. The van der Waals surface area contributed by atoms with E-state index < -0.39 is 6.10 Å². The molecule has 0 heterocycles. The van der Waals surface area contributed by atoms with Crippen LogP contribution in [0, 0.1) is 6.10 Å². The molecule has 0 bridgehead atoms. The maximum absolute atomic E-state index is 8.91. The second kappa shape index (κ2) is 5.05. The van der Waals surface area contributed by atoms with Gasteiger partial charge in [-0.2, -0.15) is 0 Å². The zero-order valence-corrected chi connectivity index (χ0v) is 5.73. The summed E-state index contributed by atoms with van der Waals surface area (Å²) in [5.74, 6) is 0. The van der Waals surface area contributed by atoms with Crippen molar-refractivity contribution in [2.75, 3.05) is 6.54 Å². The Kier molecular flexibility index (Phi) is 4.66. The van der Waals surface area contributed by atoms with Crippen molar-refractivity contribution in [2.45, 2.75) is 19.4 Å². The molecule has 10 heavy (non-hydrogen) atoms. The van der Waals surface area contributed by atoms with Gasteiger partial charge >= 0.3 is 0 Å². The molecule has 0 saturated heterocycles. The zero-order valence-electron chi connectivity index (χ0n) is 5.73. The third-order valence-corrected chi connectivity index (χ3v) is 0.887. The fraction of sp³-hybridized carbons (Fsp3) is 0.800. The van der Waals surface area contributed by atoms with E-state index in [4.69, 9.17) is 15.7 Å². The van der Waals surface area contributed by atoms with Gasteiger partial charge in [-0.3, -0.25) is 0 Å². The summed E-state index contributed by atoms with van der Waals surface area (Å²) in [5, 5.41) is 20.7. The van der Waals surface area contributed by atoms with E-state index in [1.807, 2.05) is 0 Å². The van der Waals surface area contributed by atoms with E-state index in [0.717, 1.165) is 0 Å². The normalized spacial score (nSPS) is 12.8. The lowest BCUT2D eigenvalue weighted by Crippen LogP contribution is -2.13. The molecule has 0 aromatic heterocycles. The highest BCUT2D eigenvalue weighted by molar-refractivity contribution is 4.74. The summed E-state index contributed by atoms with van der Waals surface area (Å²) < 4.78 is 0. The molecule has 0 aliphatic carbocycles. The summed E-state index contributed by atoms with van der Waals surface area (Å²) >= 11 is 0. The van der Waals surface area contributed by atoms with Crippen LogP contribution in [-0.4, -0.2) is 22.9 Å². The Labute approximate surface area is 58.9 Å². The lowest BCUT2D eigenvalue weighted by Gasteiger charge is -2.07. The molecule has 5 nitrogen and oxygen atoms in total. The molecule has 0 rings (SSSR count). The molecule has 0 fully saturated rings. The molecule has 2 N–H and O–H groups in total. The van der Waals surface area contributed by atoms with Crippen LogP contribution >= 0.6 is 0 Å². The molecule has 0 spiro atoms. The number of hydrogen-bond donors (Lipinski definition) is 2. The van der Waals surface area contributed by atoms with E-state index in [2.05, 4.69) is 10.0 Å². The van der Waals surface area contributed by atoms with Gasteiger partial charge in [0.2, 0.25) is 0 Å². The van der Waals surface area contributed by atoms with Gasteiger partial charge in [0.05, 0.1) is 18.8 Å². The highest BCUT2D eigenvalue weighted by Gasteiger charge is 2.06. The predicted octanol–water partition coefficient (Wildman–Crippen LogP) is 0.972. The first-order valence-corrected chi connectivity index (χ1v) is 2.87. The molecular weight excluding hydrogens is 134 g/mol. The summed E-state index contributed by atoms with van der Waals surface area (Å²) in [6, 6.07) is 0. The first-order valence-electron chi connectivity index (χ1n) is 2.87. The van der Waals surface area contributed by atoms with Gasteiger partial charge in [-0.15, -0.1) is 0 Å². The first kappa shape index (κ1) is 9.23. The van der Waals surface area contributed by atoms with Crippen molar-refractivity contribution in [3.63, 3.8) is 0 Å². The summed E-state index contributed by atoms with van der Waals surface area (Å²) in [5.41, 5.74) is 7.83. The van der Waals surface area contributed by atoms with Gasteiger partial charge in [-0.05, 0) is 12.5 Å². The van der Waals surface area contributed by atoms with Gasteiger partial charge in [0, 0.05) is 11.3 Å². The van der Waals surface area contributed by atoms with Crippen LogP contribution in [0.2, 0.25) is 0 Å². The molecule has 0 aliphatic heterocycles. The molecule has 5 heteroatoms. The van der Waals surface area contributed by atoms with Crippen molar-refractivity contribution < 1.29 is 10.2 Å². The second-order valence-corrected chi connectivity index (χ2v) is 2.01. The molecule has 1 atom stereocenters. The van der Waals surface area contributed by atoms with Crippen molar-refractivity contribution in [1.29, 1.82) is 0 Å². The smallest absolute Gasteiger partial charge is 0.0928 e. The van der Waals surface area contributed by atoms with Gasteiger partial charge in [-0.25, -0.2) is 0 Å². The molecule has 0 aliphatic rings. The summed E-state index contributed by atoms with van der Waals surface area (Å²) in [6.07, 6.45) is -0.458. The van der Waals surface area contributed by atoms with Crippen molar-refractivity contribution in [2.24, 2.45) is 5.11 Å². The number of nitrogens with zero attached hydrogens (tertiary/aromatic N) is 3. The van der Waals surface area contributed by atoms with Gasteiger partial charge < -0.3 is 10.2 Å². The topological polar surface area (TPSA) is 89.2 Å². The molecular formula is C5H10N3O2. The summed E-state index contributed by atoms with van der Waals surface area (Å²) in [4.78, 5) is 2.46. The fourth-order valence-corrected chi connectivity index (χ4v) is 0.536. The van der Waals surface area contributed by atoms with Crippen LogP contribution < -0.4 is 0 Å². The number of hydrogen-bond acceptors (Lipinski definition) is 3. The highest BCUT2D eigenvalue weighted by Crippen LogP contribution is 2.03. The SMILES string of the molecule is C[C](O)CC(O)CN=[N+]=[N-]. The highest BCUT2D eigenvalue weighted by atomic mass is 16.3. The molecule has 57 valence electrons. The number of aliphatic hydroxyl groups is 2. The number of azide groups is 1. The predicted molar refractivity (Wildman–Crippen MR) is 35.5 cm³/mol. The van der Waals surface area contributed by atoms with Crippen LogP contribution in [-0.2, 0) is 0 Å². The number of rotatable bonds is 4. The van der Waals surface area contributed by atoms with Crippen molar-refractivity contribution in [1.82, 2.24) is 0 Å². The van der Waals surface area contributed by atoms with E-state index >= 15 is 0 Å². The van der Waals surface area contributed by atoms with E-state index in [1.54, 1.807) is 0 Å². The Bertz CT molecular complexity index is 131. The minimum atomic E-state index is -0.763. The van der Waals surface area contributed by atoms with Crippen LogP contribution in [0.25, 0.3) is 10.4 Å². The van der Waals surface area contributed by atoms with Gasteiger partial charge in [-0.1, -0.05) is 5.11 Å². The molecule has 1 radical (unpaired) electrons. The Hall–Kier alpha value is -0.770. The molecule has 1 unspecified atom stereocenters. The Balaban J connectivity index is 3.42. The van der Waals surface area contributed by atoms with Crippen LogP contribution in [0.5, 0.6) is 0 Å². The maximum atomic E-state index is 8.91. The van der Waals surface area contributed by atoms with E-state index in [0.29, 0.717) is 0 Å². The van der Waals surface area contributed by atoms with Crippen molar-refractivity contribution in [3.05, 3.63) is 16.5 Å². The minimum Gasteiger partial charge on any atom is -0.393 e. The van der Waals surface area contributed by atoms with Gasteiger partial charge in [0.25, 0.3) is 0 Å². The largest absolute Gasteiger partial charge is 0.393 e. The molecule has 0 aromatic carbocycles. The quantitative estimate of drug-likeness (QED) is 0.349. The Morgan fingerprint density at radius 3 is 2.80 bits per heavy atom. The van der Waals surface area contributed by atoms with Crippen molar-refractivity contribution >= 4 is 0 Å². The standard InChI is InChI=1S/C5H10N3O2/c1-4(9)2-5(10)3-7-8-6/h5,9-10H,2-3H2,1H3. The van der Waals surface area contributed by atoms with Gasteiger partial charge in [0.1, 0.15) is 0 Å². The average Bonchev–Trinajstić information content (AvgIpc) is 1.82. The van der Waals surface area contributed by atoms with Crippen LogP contribution in [0.1, 0.15) is 13.3 Å². The minimum absolute atomic E-state index is 0.00833. The van der Waals surface area contributed by atoms with Gasteiger partial charge in [0.15, 0.2) is 0 Å². The third kappa shape index (κ3) is 5.37. The van der Waals surface area contributed by atoms with Crippen LogP contribution in [0.15, 0.2) is 5.11 Å². The van der Waals surface area contributed by atoms with E-state index in [-0.39, 0.29) is 19.1 Å². The first-order chi connectivity index (χ1) is 4.66. The van der Waals surface area contributed by atoms with Crippen molar-refractivity contribution in [3.8, 4) is 0 Å². The lowest BCUT2D eigenvalue weighted by molar-refractivity contribution is 0.144. The van der Waals surface area contributed by atoms with E-state index in [1.165, 1.54) is 6.92 Å². The Morgan fingerprint density at radius 2 is 2.40 bits per heavy atom. The fourth-order valence-electron chi connectivity index (χ4n) is 0.536. The van der Waals surface area contributed by atoms with Crippen LogP contribution in [0.4, 0.5) is 0 Å².